The van der Waals surface area contributed by atoms with Crippen molar-refractivity contribution >= 4 is 0 Å². The Labute approximate surface area is 95.2 Å². The van der Waals surface area contributed by atoms with Crippen molar-refractivity contribution in [1.29, 1.82) is 0 Å². The third-order valence-electron chi connectivity index (χ3n) is 3.47. The Balaban J connectivity index is 2.16. The molecule has 0 aromatic rings. The first-order valence-electron chi connectivity index (χ1n) is 6.68. The Morgan fingerprint density at radius 1 is 1.20 bits per heavy atom. The van der Waals surface area contributed by atoms with Crippen LogP contribution >= 0.6 is 0 Å². The maximum atomic E-state index is 5.59. The Morgan fingerprint density at radius 3 is 2.33 bits per heavy atom. The van der Waals surface area contributed by atoms with Gasteiger partial charge in [-0.15, -0.1) is 0 Å². The predicted octanol–water partition coefficient (Wildman–Crippen LogP) is 2.63. The number of nitrogens with two attached hydrogens (primary N) is 1. The fraction of sp³-hybridized carbons (Fsp3) is 1.00. The van der Waals surface area contributed by atoms with Crippen LogP contribution in [0.15, 0.2) is 0 Å². The van der Waals surface area contributed by atoms with Crippen LogP contribution in [0.3, 0.4) is 0 Å². The van der Waals surface area contributed by atoms with Gasteiger partial charge in [0, 0.05) is 6.04 Å². The van der Waals surface area contributed by atoms with E-state index < -0.39 is 0 Å². The highest BCUT2D eigenvalue weighted by Gasteiger charge is 2.23. The summed E-state index contributed by atoms with van der Waals surface area (Å²) in [5, 5.41) is 0. The van der Waals surface area contributed by atoms with Gasteiger partial charge in [-0.2, -0.15) is 0 Å². The summed E-state index contributed by atoms with van der Waals surface area (Å²) in [5.74, 6) is 0.850. The van der Waals surface area contributed by atoms with Crippen molar-refractivity contribution in [2.75, 3.05) is 19.6 Å². The standard InChI is InChI=1S/C13H28N2/c1-12(2)6-4-10-15(11-5-9-14)13-7-3-8-13/h12-13H,3-11,14H2,1-2H3. The first kappa shape index (κ1) is 13.0. The second-order valence-electron chi connectivity index (χ2n) is 5.30. The van der Waals surface area contributed by atoms with E-state index in [-0.39, 0.29) is 0 Å². The lowest BCUT2D eigenvalue weighted by Gasteiger charge is -2.37. The summed E-state index contributed by atoms with van der Waals surface area (Å²) in [6.07, 6.45) is 8.18. The summed E-state index contributed by atoms with van der Waals surface area (Å²) in [6.45, 7) is 7.98. The minimum atomic E-state index is 0.841. The summed E-state index contributed by atoms with van der Waals surface area (Å²) in [6, 6.07) is 0.892. The van der Waals surface area contributed by atoms with E-state index in [4.69, 9.17) is 5.73 Å². The first-order chi connectivity index (χ1) is 7.24. The molecule has 1 rings (SSSR count). The molecule has 0 unspecified atom stereocenters. The molecule has 2 heteroatoms. The minimum absolute atomic E-state index is 0.841. The molecule has 0 spiro atoms. The van der Waals surface area contributed by atoms with E-state index in [1.807, 2.05) is 0 Å². The van der Waals surface area contributed by atoms with Gasteiger partial charge < -0.3 is 10.6 Å². The van der Waals surface area contributed by atoms with E-state index in [2.05, 4.69) is 18.7 Å². The monoisotopic (exact) mass is 212 g/mol. The van der Waals surface area contributed by atoms with Crippen LogP contribution in [0.4, 0.5) is 0 Å². The largest absolute Gasteiger partial charge is 0.330 e. The van der Waals surface area contributed by atoms with Crippen LogP contribution in [0.2, 0.25) is 0 Å². The Kier molecular flexibility index (Phi) is 6.26. The van der Waals surface area contributed by atoms with Gasteiger partial charge in [-0.25, -0.2) is 0 Å². The fourth-order valence-corrected chi connectivity index (χ4v) is 2.23. The third kappa shape index (κ3) is 4.98. The molecule has 0 radical (unpaired) electrons. The van der Waals surface area contributed by atoms with Crippen LogP contribution in [0.5, 0.6) is 0 Å². The third-order valence-corrected chi connectivity index (χ3v) is 3.47. The Hall–Kier alpha value is -0.0800. The summed E-state index contributed by atoms with van der Waals surface area (Å²) in [7, 11) is 0. The molecule has 1 aliphatic carbocycles. The van der Waals surface area contributed by atoms with Gasteiger partial charge in [0.25, 0.3) is 0 Å². The van der Waals surface area contributed by atoms with Crippen LogP contribution in [-0.4, -0.2) is 30.6 Å². The molecular weight excluding hydrogens is 184 g/mol. The SMILES string of the molecule is CC(C)CCCN(CCCN)C1CCC1. The predicted molar refractivity (Wildman–Crippen MR) is 67.0 cm³/mol. The van der Waals surface area contributed by atoms with Gasteiger partial charge in [0.1, 0.15) is 0 Å². The van der Waals surface area contributed by atoms with E-state index in [1.165, 1.54) is 45.2 Å². The molecule has 0 amide bonds. The maximum Gasteiger partial charge on any atom is 0.00952 e. The molecule has 2 N–H and O–H groups in total. The molecule has 0 heterocycles. The molecule has 15 heavy (non-hydrogen) atoms. The second kappa shape index (κ2) is 7.24. The van der Waals surface area contributed by atoms with Crippen LogP contribution in [0, 0.1) is 5.92 Å². The maximum absolute atomic E-state index is 5.59. The molecule has 0 saturated heterocycles. The van der Waals surface area contributed by atoms with Crippen molar-refractivity contribution in [3.8, 4) is 0 Å². The number of hydrogen-bond donors (Lipinski definition) is 1. The van der Waals surface area contributed by atoms with Crippen molar-refractivity contribution in [2.45, 2.75) is 58.4 Å². The highest BCUT2D eigenvalue weighted by atomic mass is 15.2. The van der Waals surface area contributed by atoms with Crippen molar-refractivity contribution in [1.82, 2.24) is 4.90 Å². The lowest BCUT2D eigenvalue weighted by molar-refractivity contribution is 0.123. The number of rotatable bonds is 8. The zero-order valence-electron chi connectivity index (χ0n) is 10.5. The van der Waals surface area contributed by atoms with Crippen LogP contribution < -0.4 is 5.73 Å². The van der Waals surface area contributed by atoms with Crippen molar-refractivity contribution in [3.05, 3.63) is 0 Å². The van der Waals surface area contributed by atoms with E-state index in [0.29, 0.717) is 0 Å². The lowest BCUT2D eigenvalue weighted by atomic mass is 9.91. The molecule has 0 aromatic carbocycles. The summed E-state index contributed by atoms with van der Waals surface area (Å²) >= 11 is 0. The zero-order valence-corrected chi connectivity index (χ0v) is 10.5. The molecule has 1 fully saturated rings. The van der Waals surface area contributed by atoms with Crippen LogP contribution in [-0.2, 0) is 0 Å². The quantitative estimate of drug-likeness (QED) is 0.670. The molecule has 90 valence electrons. The number of hydrogen-bond acceptors (Lipinski definition) is 2. The first-order valence-corrected chi connectivity index (χ1v) is 6.68. The van der Waals surface area contributed by atoms with Crippen LogP contribution in [0.1, 0.15) is 52.4 Å². The average Bonchev–Trinajstić information content (AvgIpc) is 2.10. The molecule has 0 aliphatic heterocycles. The molecule has 1 saturated carbocycles. The van der Waals surface area contributed by atoms with Crippen molar-refractivity contribution in [2.24, 2.45) is 11.7 Å². The lowest BCUT2D eigenvalue weighted by Crippen LogP contribution is -2.41. The van der Waals surface area contributed by atoms with E-state index >= 15 is 0 Å². The smallest absolute Gasteiger partial charge is 0.00952 e. The van der Waals surface area contributed by atoms with Gasteiger partial charge in [0.2, 0.25) is 0 Å². The highest BCUT2D eigenvalue weighted by Crippen LogP contribution is 2.25. The fourth-order valence-electron chi connectivity index (χ4n) is 2.23. The molecule has 2 nitrogen and oxygen atoms in total. The average molecular weight is 212 g/mol. The second-order valence-corrected chi connectivity index (χ2v) is 5.30. The van der Waals surface area contributed by atoms with Gasteiger partial charge in [-0.3, -0.25) is 0 Å². The van der Waals surface area contributed by atoms with E-state index in [9.17, 15) is 0 Å². The number of nitrogens with zero attached hydrogens (tertiary/aromatic N) is 1. The van der Waals surface area contributed by atoms with Crippen molar-refractivity contribution < 1.29 is 0 Å². The van der Waals surface area contributed by atoms with Crippen LogP contribution in [0.25, 0.3) is 0 Å². The molecular formula is C13H28N2. The Morgan fingerprint density at radius 2 is 1.87 bits per heavy atom. The molecule has 1 aliphatic rings. The van der Waals surface area contributed by atoms with Gasteiger partial charge in [0.05, 0.1) is 0 Å². The van der Waals surface area contributed by atoms with Crippen molar-refractivity contribution in [3.63, 3.8) is 0 Å². The molecule has 0 atom stereocenters. The van der Waals surface area contributed by atoms with E-state index in [0.717, 1.165) is 24.9 Å². The van der Waals surface area contributed by atoms with Gasteiger partial charge >= 0.3 is 0 Å². The zero-order chi connectivity index (χ0) is 11.1. The van der Waals surface area contributed by atoms with E-state index in [1.54, 1.807) is 0 Å². The van der Waals surface area contributed by atoms with Gasteiger partial charge in [0.15, 0.2) is 0 Å². The molecule has 0 bridgehead atoms. The van der Waals surface area contributed by atoms with Gasteiger partial charge in [-0.1, -0.05) is 20.3 Å². The highest BCUT2D eigenvalue weighted by molar-refractivity contribution is 4.80. The summed E-state index contributed by atoms with van der Waals surface area (Å²) < 4.78 is 0. The summed E-state index contributed by atoms with van der Waals surface area (Å²) in [5.41, 5.74) is 5.59. The Bertz CT molecular complexity index is 153. The normalized spacial score (nSPS) is 17.4. The molecule has 0 aromatic heterocycles. The summed E-state index contributed by atoms with van der Waals surface area (Å²) in [4.78, 5) is 2.68. The minimum Gasteiger partial charge on any atom is -0.330 e. The topological polar surface area (TPSA) is 29.3 Å². The van der Waals surface area contributed by atoms with Gasteiger partial charge in [-0.05, 0) is 57.7 Å².